The Bertz CT molecular complexity index is 2390. The van der Waals surface area contributed by atoms with Crippen LogP contribution in [-0.4, -0.2) is 0 Å². The van der Waals surface area contributed by atoms with E-state index in [9.17, 15) is 0 Å². The summed E-state index contributed by atoms with van der Waals surface area (Å²) in [6.45, 7) is 0. The first kappa shape index (κ1) is 27.2. The molecule has 2 heterocycles. The van der Waals surface area contributed by atoms with E-state index in [0.717, 1.165) is 29.9 Å². The fourth-order valence-electron chi connectivity index (χ4n) is 6.70. The van der Waals surface area contributed by atoms with Crippen LogP contribution in [0.1, 0.15) is 12.8 Å². The van der Waals surface area contributed by atoms with Gasteiger partial charge in [-0.05, 0) is 97.8 Å². The summed E-state index contributed by atoms with van der Waals surface area (Å²) >= 11 is 3.74. The van der Waals surface area contributed by atoms with Crippen molar-refractivity contribution >= 4 is 91.5 Å². The summed E-state index contributed by atoms with van der Waals surface area (Å²) < 4.78 is 5.26. The highest BCUT2D eigenvalue weighted by molar-refractivity contribution is 7.26. The minimum Gasteiger partial charge on any atom is -0.311 e. The number of hydrogen-bond donors (Lipinski definition) is 0. The Morgan fingerprint density at radius 3 is 1.61 bits per heavy atom. The molecule has 1 aliphatic rings. The maximum Gasteiger partial charge on any atom is 0.0475 e. The van der Waals surface area contributed by atoms with E-state index < -0.39 is 0 Å². The molecule has 2 aromatic heterocycles. The molecule has 2 nitrogen and oxygen atoms in total. The second-order valence-corrected chi connectivity index (χ2v) is 13.9. The Balaban J connectivity index is 1.17. The number of benzene rings is 6. The highest BCUT2D eigenvalue weighted by Crippen LogP contribution is 2.44. The lowest BCUT2D eigenvalue weighted by Gasteiger charge is -2.28. The van der Waals surface area contributed by atoms with Gasteiger partial charge in [-0.2, -0.15) is 0 Å². The number of nitrogens with zero attached hydrogens (tertiary/aromatic N) is 2. The molecule has 0 saturated carbocycles. The van der Waals surface area contributed by atoms with Crippen molar-refractivity contribution < 1.29 is 0 Å². The van der Waals surface area contributed by atoms with Gasteiger partial charge in [0.2, 0.25) is 0 Å². The molecule has 1 aliphatic carbocycles. The average Bonchev–Trinajstić information content (AvgIpc) is 3.67. The number of fused-ring (bicyclic) bond motifs is 6. The summed E-state index contributed by atoms with van der Waals surface area (Å²) in [4.78, 5) is 4.77. The summed E-state index contributed by atoms with van der Waals surface area (Å²) in [5.74, 6) is 0. The number of hydrogen-bond acceptors (Lipinski definition) is 4. The van der Waals surface area contributed by atoms with Crippen LogP contribution in [0.15, 0.2) is 163 Å². The van der Waals surface area contributed by atoms with Crippen LogP contribution >= 0.6 is 22.7 Å². The Labute approximate surface area is 276 Å². The SMILES string of the molecule is C1=CC(N(c2ccc3c(c2)sc2ccc(N(c4ccccc4)c4ccccc4)cc23)c2ccc3sc4ccccc4c3c2)=CCC1. The van der Waals surface area contributed by atoms with E-state index in [1.165, 1.54) is 57.4 Å². The molecule has 0 spiro atoms. The summed E-state index contributed by atoms with van der Waals surface area (Å²) in [6.07, 6.45) is 9.10. The first-order valence-electron chi connectivity index (χ1n) is 15.7. The van der Waals surface area contributed by atoms with Crippen LogP contribution in [0.5, 0.6) is 0 Å². The molecule has 0 saturated heterocycles. The normalized spacial score (nSPS) is 13.1. The minimum absolute atomic E-state index is 1.05. The molecule has 0 fully saturated rings. The van der Waals surface area contributed by atoms with Gasteiger partial charge in [-0.15, -0.1) is 22.7 Å². The third kappa shape index (κ3) is 4.69. The first-order valence-corrected chi connectivity index (χ1v) is 17.4. The lowest BCUT2D eigenvalue weighted by molar-refractivity contribution is 0.998. The number of para-hydroxylation sites is 2. The standard InChI is InChI=1S/C42H30N2S2/c1-4-12-29(13-5-1)43(30-14-6-2-7-15-30)32-21-25-41-38(26-32)36-23-20-34(28-42(36)46-41)44(31-16-8-3-9-17-31)33-22-24-40-37(27-33)35-18-10-11-19-39(35)45-40/h1-2,4-8,10-28H,3,9H2. The molecule has 0 amide bonds. The van der Waals surface area contributed by atoms with E-state index in [4.69, 9.17) is 0 Å². The maximum atomic E-state index is 2.43. The predicted octanol–water partition coefficient (Wildman–Crippen LogP) is 13.3. The van der Waals surface area contributed by atoms with Crippen molar-refractivity contribution in [2.24, 2.45) is 0 Å². The molecule has 8 aromatic rings. The van der Waals surface area contributed by atoms with E-state index >= 15 is 0 Å². The van der Waals surface area contributed by atoms with Gasteiger partial charge in [0, 0.05) is 74.5 Å². The third-order valence-electron chi connectivity index (χ3n) is 8.84. The van der Waals surface area contributed by atoms with Gasteiger partial charge in [-0.3, -0.25) is 0 Å². The largest absolute Gasteiger partial charge is 0.311 e. The van der Waals surface area contributed by atoms with E-state index in [-0.39, 0.29) is 0 Å². The summed E-state index contributed by atoms with van der Waals surface area (Å²) in [5, 5.41) is 5.23. The topological polar surface area (TPSA) is 6.48 Å². The highest BCUT2D eigenvalue weighted by Gasteiger charge is 2.19. The van der Waals surface area contributed by atoms with Crippen LogP contribution in [0.2, 0.25) is 0 Å². The molecule has 0 aliphatic heterocycles. The van der Waals surface area contributed by atoms with Gasteiger partial charge in [0.15, 0.2) is 0 Å². The van der Waals surface area contributed by atoms with Crippen molar-refractivity contribution in [3.05, 3.63) is 163 Å². The van der Waals surface area contributed by atoms with E-state index in [2.05, 4.69) is 168 Å². The van der Waals surface area contributed by atoms with Crippen molar-refractivity contribution in [3.63, 3.8) is 0 Å². The minimum atomic E-state index is 1.05. The number of allylic oxidation sites excluding steroid dienone is 3. The van der Waals surface area contributed by atoms with Crippen LogP contribution in [0, 0.1) is 0 Å². The maximum absolute atomic E-state index is 2.43. The smallest absolute Gasteiger partial charge is 0.0475 e. The summed E-state index contributed by atoms with van der Waals surface area (Å²) in [6, 6.07) is 50.8. The molecule has 4 heteroatoms. The zero-order valence-corrected chi connectivity index (χ0v) is 26.8. The molecule has 0 bridgehead atoms. The molecule has 0 radical (unpaired) electrons. The zero-order valence-electron chi connectivity index (χ0n) is 25.1. The Morgan fingerprint density at radius 2 is 0.935 bits per heavy atom. The molecule has 0 unspecified atom stereocenters. The van der Waals surface area contributed by atoms with E-state index in [1.54, 1.807) is 0 Å². The molecular formula is C42H30N2S2. The van der Waals surface area contributed by atoms with E-state index in [1.807, 2.05) is 22.7 Å². The molecule has 0 N–H and O–H groups in total. The van der Waals surface area contributed by atoms with Gasteiger partial charge in [0.05, 0.1) is 0 Å². The molecular weight excluding hydrogens is 597 g/mol. The van der Waals surface area contributed by atoms with Gasteiger partial charge < -0.3 is 9.80 Å². The van der Waals surface area contributed by atoms with Crippen LogP contribution in [0.25, 0.3) is 40.3 Å². The first-order chi connectivity index (χ1) is 22.8. The van der Waals surface area contributed by atoms with Crippen molar-refractivity contribution in [1.29, 1.82) is 0 Å². The summed E-state index contributed by atoms with van der Waals surface area (Å²) in [5.41, 5.74) is 7.06. The Morgan fingerprint density at radius 1 is 0.391 bits per heavy atom. The van der Waals surface area contributed by atoms with Crippen molar-refractivity contribution in [3.8, 4) is 0 Å². The quantitative estimate of drug-likeness (QED) is 0.181. The second-order valence-electron chi connectivity index (χ2n) is 11.7. The highest BCUT2D eigenvalue weighted by atomic mass is 32.1. The number of thiophene rings is 2. The number of anilines is 5. The second kappa shape index (κ2) is 11.3. The Kier molecular flexibility index (Phi) is 6.69. The molecule has 46 heavy (non-hydrogen) atoms. The monoisotopic (exact) mass is 626 g/mol. The molecule has 0 atom stereocenters. The van der Waals surface area contributed by atoms with Crippen molar-refractivity contribution in [1.82, 2.24) is 0 Å². The fourth-order valence-corrected chi connectivity index (χ4v) is 8.91. The number of rotatable bonds is 6. The Hall–Kier alpha value is -5.16. The molecule has 6 aromatic carbocycles. The predicted molar refractivity (Wildman–Crippen MR) is 202 cm³/mol. The van der Waals surface area contributed by atoms with Gasteiger partial charge in [-0.25, -0.2) is 0 Å². The van der Waals surface area contributed by atoms with Gasteiger partial charge >= 0.3 is 0 Å². The molecule has 220 valence electrons. The van der Waals surface area contributed by atoms with Gasteiger partial charge in [0.25, 0.3) is 0 Å². The fraction of sp³-hybridized carbons (Fsp3) is 0.0476. The van der Waals surface area contributed by atoms with Crippen LogP contribution in [0.3, 0.4) is 0 Å². The van der Waals surface area contributed by atoms with E-state index in [0.29, 0.717) is 0 Å². The third-order valence-corrected chi connectivity index (χ3v) is 11.1. The van der Waals surface area contributed by atoms with Crippen LogP contribution in [0.4, 0.5) is 28.4 Å². The average molecular weight is 627 g/mol. The molecule has 9 rings (SSSR count). The van der Waals surface area contributed by atoms with Crippen LogP contribution in [-0.2, 0) is 0 Å². The lowest BCUT2D eigenvalue weighted by atomic mass is 10.1. The zero-order chi connectivity index (χ0) is 30.5. The van der Waals surface area contributed by atoms with Gasteiger partial charge in [-0.1, -0.05) is 72.8 Å². The summed E-state index contributed by atoms with van der Waals surface area (Å²) in [7, 11) is 0. The van der Waals surface area contributed by atoms with Crippen LogP contribution < -0.4 is 9.80 Å². The van der Waals surface area contributed by atoms with Gasteiger partial charge in [0.1, 0.15) is 0 Å². The van der Waals surface area contributed by atoms with Crippen molar-refractivity contribution in [2.45, 2.75) is 12.8 Å². The van der Waals surface area contributed by atoms with Crippen molar-refractivity contribution in [2.75, 3.05) is 9.80 Å². The lowest BCUT2D eigenvalue weighted by Crippen LogP contribution is -2.16.